The lowest BCUT2D eigenvalue weighted by molar-refractivity contribution is 0.453. The van der Waals surface area contributed by atoms with Crippen molar-refractivity contribution in [3.05, 3.63) is 43.3 Å². The van der Waals surface area contributed by atoms with Crippen LogP contribution in [0.2, 0.25) is 5.02 Å². The van der Waals surface area contributed by atoms with Crippen LogP contribution < -0.4 is 10.5 Å². The molecule has 0 aliphatic heterocycles. The first kappa shape index (κ1) is 17.4. The largest absolute Gasteiger partial charge is 0.506 e. The smallest absolute Gasteiger partial charge is 0.156 e. The van der Waals surface area contributed by atoms with Gasteiger partial charge in [0.2, 0.25) is 0 Å². The van der Waals surface area contributed by atoms with Crippen LogP contribution in [0.15, 0.2) is 27.1 Å². The minimum absolute atomic E-state index is 0.0932. The summed E-state index contributed by atoms with van der Waals surface area (Å²) >= 11 is 13.0. The number of nitrogen functional groups attached to an aromatic ring is 1. The van der Waals surface area contributed by atoms with Gasteiger partial charge in [-0.25, -0.2) is 0 Å². The van der Waals surface area contributed by atoms with Crippen molar-refractivity contribution < 1.29 is 9.84 Å². The van der Waals surface area contributed by atoms with Crippen LogP contribution in [-0.4, -0.2) is 5.11 Å². The van der Waals surface area contributed by atoms with Gasteiger partial charge in [0.25, 0.3) is 0 Å². The number of aromatic hydroxyl groups is 1. The van der Waals surface area contributed by atoms with Gasteiger partial charge in [-0.2, -0.15) is 0 Å². The quantitative estimate of drug-likeness (QED) is 0.535. The molecule has 0 bridgehead atoms. The molecule has 3 nitrogen and oxygen atoms in total. The molecule has 118 valence electrons. The Kier molecular flexibility index (Phi) is 5.30. The summed E-state index contributed by atoms with van der Waals surface area (Å²) in [7, 11) is 0. The van der Waals surface area contributed by atoms with Crippen LogP contribution in [0.1, 0.15) is 30.9 Å². The van der Waals surface area contributed by atoms with E-state index < -0.39 is 0 Å². The van der Waals surface area contributed by atoms with E-state index in [-0.39, 0.29) is 16.7 Å². The van der Waals surface area contributed by atoms with E-state index in [9.17, 15) is 5.11 Å². The van der Waals surface area contributed by atoms with Crippen molar-refractivity contribution >= 4 is 49.1 Å². The molecular weight excluding hydrogens is 433 g/mol. The first-order valence-electron chi connectivity index (χ1n) is 6.66. The van der Waals surface area contributed by atoms with Crippen LogP contribution >= 0.6 is 43.5 Å². The van der Waals surface area contributed by atoms with Crippen molar-refractivity contribution in [1.82, 2.24) is 0 Å². The average Bonchev–Trinajstić information content (AvgIpc) is 2.44. The first-order valence-corrected chi connectivity index (χ1v) is 8.63. The Balaban J connectivity index is 2.51. The van der Waals surface area contributed by atoms with E-state index in [0.29, 0.717) is 17.2 Å². The lowest BCUT2D eigenvalue weighted by Gasteiger charge is -2.16. The molecule has 0 aliphatic carbocycles. The van der Waals surface area contributed by atoms with Gasteiger partial charge in [0, 0.05) is 17.3 Å². The number of ether oxygens (including phenoxy) is 1. The van der Waals surface area contributed by atoms with E-state index in [2.05, 4.69) is 31.9 Å². The van der Waals surface area contributed by atoms with E-state index in [1.807, 2.05) is 20.8 Å². The number of rotatable bonds is 3. The molecule has 2 aromatic carbocycles. The minimum atomic E-state index is 0.0932. The number of anilines is 1. The Bertz CT molecular complexity index is 733. The molecule has 0 saturated heterocycles. The highest BCUT2D eigenvalue weighted by Crippen LogP contribution is 2.43. The highest BCUT2D eigenvalue weighted by atomic mass is 79.9. The first-order chi connectivity index (χ1) is 10.2. The van der Waals surface area contributed by atoms with Crippen molar-refractivity contribution in [2.45, 2.75) is 26.7 Å². The maximum Gasteiger partial charge on any atom is 0.156 e. The number of halogens is 3. The predicted octanol–water partition coefficient (Wildman–Crippen LogP) is 6.38. The Morgan fingerprint density at radius 1 is 1.23 bits per heavy atom. The number of phenols is 1. The van der Waals surface area contributed by atoms with E-state index in [1.54, 1.807) is 18.2 Å². The molecule has 0 saturated carbocycles. The highest BCUT2D eigenvalue weighted by Gasteiger charge is 2.16. The number of phenolic OH excluding ortho intramolecular Hbond substituents is 1. The third-order valence-electron chi connectivity index (χ3n) is 3.37. The molecular formula is C16H16Br2ClNO2. The van der Waals surface area contributed by atoms with Gasteiger partial charge in [-0.15, -0.1) is 0 Å². The predicted molar refractivity (Wildman–Crippen MR) is 98.3 cm³/mol. The fraction of sp³-hybridized carbons (Fsp3) is 0.250. The number of benzene rings is 2. The van der Waals surface area contributed by atoms with Gasteiger partial charge in [0.05, 0.1) is 14.0 Å². The van der Waals surface area contributed by atoms with Crippen LogP contribution in [0.25, 0.3) is 0 Å². The van der Waals surface area contributed by atoms with Crippen molar-refractivity contribution in [3.63, 3.8) is 0 Å². The van der Waals surface area contributed by atoms with Crippen LogP contribution in [0.5, 0.6) is 17.2 Å². The van der Waals surface area contributed by atoms with Gasteiger partial charge in [0.1, 0.15) is 11.5 Å². The van der Waals surface area contributed by atoms with Gasteiger partial charge in [-0.3, -0.25) is 0 Å². The zero-order valence-corrected chi connectivity index (χ0v) is 16.3. The van der Waals surface area contributed by atoms with E-state index in [0.717, 1.165) is 20.1 Å². The number of hydrogen-bond acceptors (Lipinski definition) is 3. The molecule has 0 unspecified atom stereocenters. The van der Waals surface area contributed by atoms with Gasteiger partial charge in [-0.05, 0) is 62.4 Å². The SMILES string of the molecule is Cc1c(N)cc(Br)c(Oc2cc(Cl)c(O)c(C(C)C)c2)c1Br. The third kappa shape index (κ3) is 3.36. The van der Waals surface area contributed by atoms with Crippen molar-refractivity contribution in [1.29, 1.82) is 0 Å². The summed E-state index contributed by atoms with van der Waals surface area (Å²) in [6.07, 6.45) is 0. The maximum absolute atomic E-state index is 10.0. The molecule has 2 aromatic rings. The molecule has 0 spiro atoms. The Morgan fingerprint density at radius 3 is 2.45 bits per heavy atom. The fourth-order valence-corrected chi connectivity index (χ4v) is 3.55. The summed E-state index contributed by atoms with van der Waals surface area (Å²) in [5, 5.41) is 10.3. The molecule has 0 radical (unpaired) electrons. The minimum Gasteiger partial charge on any atom is -0.506 e. The maximum atomic E-state index is 10.0. The Hall–Kier alpha value is -0.910. The fourth-order valence-electron chi connectivity index (χ4n) is 2.02. The molecule has 0 atom stereocenters. The van der Waals surface area contributed by atoms with Gasteiger partial charge >= 0.3 is 0 Å². The number of nitrogens with two attached hydrogens (primary N) is 1. The summed E-state index contributed by atoms with van der Waals surface area (Å²) < 4.78 is 7.46. The summed E-state index contributed by atoms with van der Waals surface area (Å²) in [5.74, 6) is 1.39. The molecule has 0 fully saturated rings. The van der Waals surface area contributed by atoms with Crippen molar-refractivity contribution in [3.8, 4) is 17.2 Å². The van der Waals surface area contributed by atoms with Crippen LogP contribution in [0.4, 0.5) is 5.69 Å². The second-order valence-corrected chi connectivity index (χ2v) is 7.37. The molecule has 0 aromatic heterocycles. The second-order valence-electron chi connectivity index (χ2n) is 5.32. The normalized spacial score (nSPS) is 11.0. The summed E-state index contributed by atoms with van der Waals surface area (Å²) in [5.41, 5.74) is 8.22. The topological polar surface area (TPSA) is 55.5 Å². The lowest BCUT2D eigenvalue weighted by atomic mass is 10.0. The van der Waals surface area contributed by atoms with Crippen molar-refractivity contribution in [2.75, 3.05) is 5.73 Å². The molecule has 3 N–H and O–H groups in total. The van der Waals surface area contributed by atoms with Gasteiger partial charge < -0.3 is 15.6 Å². The summed E-state index contributed by atoms with van der Waals surface area (Å²) in [4.78, 5) is 0. The molecule has 0 amide bonds. The van der Waals surface area contributed by atoms with Crippen LogP contribution in [0, 0.1) is 6.92 Å². The summed E-state index contributed by atoms with van der Waals surface area (Å²) in [6.45, 7) is 5.87. The highest BCUT2D eigenvalue weighted by molar-refractivity contribution is 9.11. The Morgan fingerprint density at radius 2 is 1.86 bits per heavy atom. The van der Waals surface area contributed by atoms with Crippen molar-refractivity contribution in [2.24, 2.45) is 0 Å². The Labute approximate surface area is 151 Å². The lowest BCUT2D eigenvalue weighted by Crippen LogP contribution is -1.96. The van der Waals surface area contributed by atoms with Gasteiger partial charge in [-0.1, -0.05) is 25.4 Å². The van der Waals surface area contributed by atoms with Crippen LogP contribution in [0.3, 0.4) is 0 Å². The zero-order valence-electron chi connectivity index (χ0n) is 12.4. The zero-order chi connectivity index (χ0) is 16.6. The second kappa shape index (κ2) is 6.69. The molecule has 0 aliphatic rings. The third-order valence-corrected chi connectivity index (χ3v) is 5.20. The molecule has 6 heteroatoms. The van der Waals surface area contributed by atoms with E-state index in [4.69, 9.17) is 22.1 Å². The molecule has 22 heavy (non-hydrogen) atoms. The standard InChI is InChI=1S/C16H16Br2ClNO2/c1-7(2)10-4-9(5-12(19)15(10)21)22-16-11(17)6-13(20)8(3)14(16)18/h4-7,21H,20H2,1-3H3. The van der Waals surface area contributed by atoms with Gasteiger partial charge in [0.15, 0.2) is 5.75 Å². The molecule has 2 rings (SSSR count). The molecule has 0 heterocycles. The van der Waals surface area contributed by atoms with E-state index in [1.165, 1.54) is 0 Å². The summed E-state index contributed by atoms with van der Waals surface area (Å²) in [6, 6.07) is 5.17. The monoisotopic (exact) mass is 447 g/mol. The van der Waals surface area contributed by atoms with Crippen LogP contribution in [-0.2, 0) is 0 Å². The number of hydrogen-bond donors (Lipinski definition) is 2. The van der Waals surface area contributed by atoms with E-state index >= 15 is 0 Å². The average molecular weight is 450 g/mol.